The van der Waals surface area contributed by atoms with Crippen LogP contribution in [0.5, 0.6) is 0 Å². The van der Waals surface area contributed by atoms with Gasteiger partial charge in [-0.3, -0.25) is 0 Å². The molecule has 4 aliphatic carbocycles. The van der Waals surface area contributed by atoms with E-state index in [2.05, 4.69) is 33.8 Å². The van der Waals surface area contributed by atoms with Crippen LogP contribution in [-0.4, -0.2) is 217 Å². The molecule has 6 heterocycles. The SMILES string of the molecule is C[C@H]1CC[C@@]2(OC1)OC1CC3C4CC=C5C[C@@H](O[C@@H]6O[C@H](CO)[C@@H](O[C@@H]7O[C@H](CO)[C@@H](O)[C@H](O[C@@H]8O[C@@H](C)[C@H](O)[C@@H](O)[C@H]8O)[C@H]7O)[C@H](O)[C@H]6O[C@@H]6O[C@@H](C)[C@H](O)[C@@H](O)[C@H]6O)CC[C@]5(C)C4CC[C@]3(C)C1[C@@H]2C. The summed E-state index contributed by atoms with van der Waals surface area (Å²) in [6.07, 6.45) is -21.3. The van der Waals surface area contributed by atoms with Crippen molar-refractivity contribution in [3.05, 3.63) is 11.6 Å². The molecule has 6 saturated heterocycles. The molecule has 0 aromatic carbocycles. The van der Waals surface area contributed by atoms with Gasteiger partial charge in [-0.25, -0.2) is 0 Å². The van der Waals surface area contributed by atoms with Crippen molar-refractivity contribution < 1.29 is 104 Å². The van der Waals surface area contributed by atoms with Gasteiger partial charge in [-0.05, 0) is 106 Å². The van der Waals surface area contributed by atoms with Crippen LogP contribution in [0.25, 0.3) is 0 Å². The van der Waals surface area contributed by atoms with E-state index in [4.69, 9.17) is 47.4 Å². The molecule has 10 aliphatic rings. The van der Waals surface area contributed by atoms with Gasteiger partial charge in [0.1, 0.15) is 85.5 Å². The van der Waals surface area contributed by atoms with Crippen LogP contribution in [0.3, 0.4) is 0 Å². The van der Waals surface area contributed by atoms with Crippen LogP contribution in [-0.2, 0) is 47.4 Å². The first-order chi connectivity index (χ1) is 34.1. The Kier molecular flexibility index (Phi) is 15.5. The van der Waals surface area contributed by atoms with Crippen molar-refractivity contribution >= 4 is 0 Å². The van der Waals surface area contributed by atoms with Crippen molar-refractivity contribution in [1.29, 1.82) is 0 Å². The lowest BCUT2D eigenvalue weighted by Gasteiger charge is -2.59. The Labute approximate surface area is 420 Å². The van der Waals surface area contributed by atoms with Gasteiger partial charge in [-0.2, -0.15) is 0 Å². The maximum Gasteiger partial charge on any atom is 0.187 e. The minimum atomic E-state index is -1.94. The number of fused-ring (bicyclic) bond motifs is 7. The highest BCUT2D eigenvalue weighted by molar-refractivity contribution is 5.26. The van der Waals surface area contributed by atoms with E-state index >= 15 is 0 Å². The van der Waals surface area contributed by atoms with Crippen LogP contribution in [0.4, 0.5) is 0 Å². The molecule has 0 radical (unpaired) electrons. The molecule has 31 atom stereocenters. The zero-order valence-corrected chi connectivity index (χ0v) is 42.2. The van der Waals surface area contributed by atoms with Gasteiger partial charge >= 0.3 is 0 Å². The monoisotopic (exact) mass is 1030 g/mol. The van der Waals surface area contributed by atoms with E-state index in [1.165, 1.54) is 19.4 Å². The maximum atomic E-state index is 12.3. The summed E-state index contributed by atoms with van der Waals surface area (Å²) in [5, 5.41) is 120. The van der Waals surface area contributed by atoms with Crippen LogP contribution in [0, 0.1) is 46.3 Å². The Balaban J connectivity index is 0.857. The molecule has 5 unspecified atom stereocenters. The molecule has 1 spiro atoms. The average Bonchev–Trinajstić information content (AvgIpc) is 3.81. The van der Waals surface area contributed by atoms with Gasteiger partial charge in [-0.15, -0.1) is 0 Å². The number of rotatable bonds is 10. The third kappa shape index (κ3) is 9.09. The minimum absolute atomic E-state index is 0.0798. The molecule has 3 saturated carbocycles. The van der Waals surface area contributed by atoms with Gasteiger partial charge in [-0.1, -0.05) is 39.3 Å². The van der Waals surface area contributed by atoms with E-state index in [0.29, 0.717) is 48.3 Å². The van der Waals surface area contributed by atoms with Crippen LogP contribution in [0.1, 0.15) is 99.3 Å². The number of hydrogen-bond donors (Lipinski definition) is 11. The first-order valence-corrected chi connectivity index (χ1v) is 26.7. The van der Waals surface area contributed by atoms with Gasteiger partial charge in [0, 0.05) is 12.3 Å². The smallest absolute Gasteiger partial charge is 0.187 e. The molecule has 9 fully saturated rings. The molecular formula is C51H82O21. The molecule has 10 rings (SSSR count). The summed E-state index contributed by atoms with van der Waals surface area (Å²) < 4.78 is 62.0. The molecule has 6 aliphatic heterocycles. The number of allylic oxidation sites excluding steroid dienone is 1. The second kappa shape index (κ2) is 20.6. The van der Waals surface area contributed by atoms with Crippen molar-refractivity contribution in [2.24, 2.45) is 46.3 Å². The van der Waals surface area contributed by atoms with Crippen molar-refractivity contribution in [2.75, 3.05) is 19.8 Å². The lowest BCUT2D eigenvalue weighted by Crippen LogP contribution is -2.67. The third-order valence-electron chi connectivity index (χ3n) is 19.8. The zero-order valence-electron chi connectivity index (χ0n) is 42.2. The molecule has 0 aromatic heterocycles. The van der Waals surface area contributed by atoms with E-state index in [-0.39, 0.29) is 16.9 Å². The number of aliphatic hydroxyl groups excluding tert-OH is 11. The molecule has 0 amide bonds. The third-order valence-corrected chi connectivity index (χ3v) is 19.8. The highest BCUT2D eigenvalue weighted by atomic mass is 16.8. The highest BCUT2D eigenvalue weighted by Crippen LogP contribution is 2.71. The van der Waals surface area contributed by atoms with E-state index in [1.807, 2.05) is 0 Å². The molecule has 0 bridgehead atoms. The first-order valence-electron chi connectivity index (χ1n) is 26.7. The number of ether oxygens (including phenoxy) is 10. The lowest BCUT2D eigenvalue weighted by molar-refractivity contribution is -0.396. The van der Waals surface area contributed by atoms with Crippen molar-refractivity contribution in [2.45, 2.75) is 240 Å². The molecule has 72 heavy (non-hydrogen) atoms. The predicted molar refractivity (Wildman–Crippen MR) is 245 cm³/mol. The summed E-state index contributed by atoms with van der Waals surface area (Å²) in [7, 11) is 0. The summed E-state index contributed by atoms with van der Waals surface area (Å²) in [4.78, 5) is 0. The summed E-state index contributed by atoms with van der Waals surface area (Å²) in [6, 6.07) is 0. The number of aliphatic hydroxyl groups is 11. The summed E-state index contributed by atoms with van der Waals surface area (Å²) in [6.45, 7) is 11.6. The van der Waals surface area contributed by atoms with Crippen molar-refractivity contribution in [3.8, 4) is 0 Å². The van der Waals surface area contributed by atoms with Crippen molar-refractivity contribution in [3.63, 3.8) is 0 Å². The van der Waals surface area contributed by atoms with E-state index in [9.17, 15) is 56.2 Å². The summed E-state index contributed by atoms with van der Waals surface area (Å²) in [5.74, 6) is 2.37. The molecule has 11 N–H and O–H groups in total. The van der Waals surface area contributed by atoms with E-state index in [0.717, 1.165) is 51.6 Å². The largest absolute Gasteiger partial charge is 0.394 e. The quantitative estimate of drug-likeness (QED) is 0.118. The van der Waals surface area contributed by atoms with Crippen molar-refractivity contribution in [1.82, 2.24) is 0 Å². The Bertz CT molecular complexity index is 1910. The Morgan fingerprint density at radius 1 is 0.583 bits per heavy atom. The molecule has 412 valence electrons. The first kappa shape index (κ1) is 54.3. The normalized spacial score (nSPS) is 57.8. The fourth-order valence-corrected chi connectivity index (χ4v) is 15.5. The zero-order chi connectivity index (χ0) is 51.5. The molecular weight excluding hydrogens is 949 g/mol. The van der Waals surface area contributed by atoms with E-state index < -0.39 is 148 Å². The van der Waals surface area contributed by atoms with E-state index in [1.54, 1.807) is 0 Å². The molecule has 21 nitrogen and oxygen atoms in total. The van der Waals surface area contributed by atoms with Crippen LogP contribution in [0.15, 0.2) is 11.6 Å². The van der Waals surface area contributed by atoms with Gasteiger partial charge in [0.15, 0.2) is 30.9 Å². The lowest BCUT2D eigenvalue weighted by atomic mass is 9.47. The van der Waals surface area contributed by atoms with Gasteiger partial charge in [0.25, 0.3) is 0 Å². The maximum absolute atomic E-state index is 12.3. The molecule has 21 heteroatoms. The Hall–Kier alpha value is -1.10. The summed E-state index contributed by atoms with van der Waals surface area (Å²) >= 11 is 0. The average molecular weight is 1030 g/mol. The Morgan fingerprint density at radius 3 is 1.82 bits per heavy atom. The summed E-state index contributed by atoms with van der Waals surface area (Å²) in [5.41, 5.74) is 1.38. The van der Waals surface area contributed by atoms with Gasteiger partial charge in [0.2, 0.25) is 0 Å². The predicted octanol–water partition coefficient (Wildman–Crippen LogP) is -0.934. The second-order valence-corrected chi connectivity index (χ2v) is 23.9. The van der Waals surface area contributed by atoms with Gasteiger partial charge in [0.05, 0.1) is 44.2 Å². The van der Waals surface area contributed by atoms with Crippen LogP contribution >= 0.6 is 0 Å². The van der Waals surface area contributed by atoms with Crippen LogP contribution < -0.4 is 0 Å². The standard InChI is InChI=1S/C51H82O21/c1-20-9-14-51(63-19-20)21(2)32-29(72-51)16-28-26-8-7-24-15-25(10-12-49(24,5)27(26)11-13-50(28,32)6)66-48-44(71-46-39(60)37(58)34(55)23(4)65-46)40(61)42(31(18-53)68-48)69-47-41(62)43(35(56)30(17-52)67-47)70-45-38(59)36(57)33(54)22(3)64-45/h7,20-23,25-48,52-62H,8-19H2,1-6H3/t20-,21-,22-,23-,25-,26?,27?,28?,29?,30+,31+,32?,33-,34-,35+,36+,37+,38+,39+,40-,41+,42+,43-,44+,45-,46-,47-,48+,49-,50-,51+/m0/s1. The number of hydrogen-bond acceptors (Lipinski definition) is 21. The van der Waals surface area contributed by atoms with Crippen LogP contribution in [0.2, 0.25) is 0 Å². The second-order valence-electron chi connectivity index (χ2n) is 23.9. The molecule has 0 aromatic rings. The Morgan fingerprint density at radius 2 is 1.19 bits per heavy atom. The minimum Gasteiger partial charge on any atom is -0.394 e. The fraction of sp³-hybridized carbons (Fsp3) is 0.961. The fourth-order valence-electron chi connectivity index (χ4n) is 15.5. The topological polar surface area (TPSA) is 315 Å². The highest BCUT2D eigenvalue weighted by Gasteiger charge is 2.69. The van der Waals surface area contributed by atoms with Gasteiger partial charge < -0.3 is 104 Å².